The lowest BCUT2D eigenvalue weighted by Gasteiger charge is -2.32. The van der Waals surface area contributed by atoms with Crippen molar-refractivity contribution >= 4 is 73.9 Å². The Morgan fingerprint density at radius 2 is 1.60 bits per heavy atom. The van der Waals surface area contributed by atoms with Crippen LogP contribution in [0.4, 0.5) is 5.69 Å². The van der Waals surface area contributed by atoms with Crippen molar-refractivity contribution in [2.45, 2.75) is 44.7 Å². The Labute approximate surface area is 255 Å². The van der Waals surface area contributed by atoms with Crippen LogP contribution in [0.25, 0.3) is 0 Å². The van der Waals surface area contributed by atoms with Gasteiger partial charge in [0.1, 0.15) is 12.6 Å². The highest BCUT2D eigenvalue weighted by Crippen LogP contribution is 2.35. The van der Waals surface area contributed by atoms with Gasteiger partial charge in [-0.2, -0.15) is 0 Å². The molecule has 1 N–H and O–H groups in total. The molecule has 12 heteroatoms. The van der Waals surface area contributed by atoms with Crippen molar-refractivity contribution in [3.8, 4) is 0 Å². The Balaban J connectivity index is 2.07. The molecule has 3 aromatic rings. The average Bonchev–Trinajstić information content (AvgIpc) is 2.92. The maximum absolute atomic E-state index is 13.9. The highest BCUT2D eigenvalue weighted by molar-refractivity contribution is 7.92. The van der Waals surface area contributed by atoms with Crippen LogP contribution in [0.1, 0.15) is 31.4 Å². The normalized spacial score (nSPS) is 12.1. The summed E-state index contributed by atoms with van der Waals surface area (Å²) in [6, 6.07) is 14.7. The van der Waals surface area contributed by atoms with E-state index in [-0.39, 0.29) is 38.1 Å². The zero-order chi connectivity index (χ0) is 29.6. The molecule has 0 saturated carbocycles. The molecule has 214 valence electrons. The number of amides is 2. The highest BCUT2D eigenvalue weighted by atomic mass is 35.5. The number of benzene rings is 3. The molecular formula is C28H29Cl4N3O4S. The van der Waals surface area contributed by atoms with Gasteiger partial charge in [0.05, 0.1) is 30.7 Å². The Hall–Kier alpha value is -2.49. The monoisotopic (exact) mass is 643 g/mol. The molecule has 0 saturated heterocycles. The van der Waals surface area contributed by atoms with Crippen LogP contribution in [-0.2, 0) is 26.2 Å². The van der Waals surface area contributed by atoms with Crippen LogP contribution < -0.4 is 9.62 Å². The van der Waals surface area contributed by atoms with Crippen molar-refractivity contribution < 1.29 is 18.0 Å². The van der Waals surface area contributed by atoms with Gasteiger partial charge in [0.25, 0.3) is 10.0 Å². The largest absolute Gasteiger partial charge is 0.354 e. The van der Waals surface area contributed by atoms with Crippen molar-refractivity contribution in [1.29, 1.82) is 0 Å². The third kappa shape index (κ3) is 7.62. The second-order valence-corrected chi connectivity index (χ2v) is 12.6. The summed E-state index contributed by atoms with van der Waals surface area (Å²) in [5, 5.41) is 3.49. The summed E-state index contributed by atoms with van der Waals surface area (Å²) >= 11 is 24.9. The van der Waals surface area contributed by atoms with E-state index >= 15 is 0 Å². The molecule has 40 heavy (non-hydrogen) atoms. The van der Waals surface area contributed by atoms with E-state index in [0.29, 0.717) is 23.6 Å². The van der Waals surface area contributed by atoms with Gasteiger partial charge >= 0.3 is 0 Å². The third-order valence-corrected chi connectivity index (χ3v) is 9.46. The number of carbonyl (C=O) groups excluding carboxylic acids is 2. The summed E-state index contributed by atoms with van der Waals surface area (Å²) in [5.74, 6) is -1.03. The molecular weight excluding hydrogens is 616 g/mol. The van der Waals surface area contributed by atoms with E-state index in [0.717, 1.165) is 9.87 Å². The summed E-state index contributed by atoms with van der Waals surface area (Å²) in [6.07, 6.45) is 0.703. The zero-order valence-electron chi connectivity index (χ0n) is 22.1. The van der Waals surface area contributed by atoms with Gasteiger partial charge in [-0.3, -0.25) is 13.9 Å². The number of hydrogen-bond donors (Lipinski definition) is 1. The lowest BCUT2D eigenvalue weighted by molar-refractivity contribution is -0.139. The fourth-order valence-electron chi connectivity index (χ4n) is 3.85. The van der Waals surface area contributed by atoms with Crippen LogP contribution >= 0.6 is 46.4 Å². The summed E-state index contributed by atoms with van der Waals surface area (Å²) in [7, 11) is -4.28. The van der Waals surface area contributed by atoms with Crippen LogP contribution in [0.5, 0.6) is 0 Å². The molecule has 0 aliphatic carbocycles. The molecule has 0 heterocycles. The minimum absolute atomic E-state index is 0.0284. The fourth-order valence-corrected chi connectivity index (χ4v) is 6.04. The highest BCUT2D eigenvalue weighted by Gasteiger charge is 2.33. The fraction of sp³-hybridized carbons (Fsp3) is 0.286. The van der Waals surface area contributed by atoms with E-state index in [1.54, 1.807) is 43.3 Å². The minimum atomic E-state index is -4.28. The quantitative estimate of drug-likeness (QED) is 0.250. The Morgan fingerprint density at radius 3 is 2.23 bits per heavy atom. The van der Waals surface area contributed by atoms with Gasteiger partial charge in [-0.05, 0) is 62.2 Å². The number of hydrogen-bond acceptors (Lipinski definition) is 4. The first-order valence-electron chi connectivity index (χ1n) is 12.4. The van der Waals surface area contributed by atoms with Crippen LogP contribution in [0.15, 0.2) is 65.6 Å². The Bertz CT molecular complexity index is 1480. The van der Waals surface area contributed by atoms with E-state index in [1.165, 1.54) is 29.2 Å². The number of carbonyl (C=O) groups is 2. The van der Waals surface area contributed by atoms with E-state index in [9.17, 15) is 18.0 Å². The van der Waals surface area contributed by atoms with Crippen molar-refractivity contribution in [2.75, 3.05) is 17.4 Å². The van der Waals surface area contributed by atoms with Crippen LogP contribution in [-0.4, -0.2) is 44.3 Å². The van der Waals surface area contributed by atoms with Gasteiger partial charge < -0.3 is 10.2 Å². The molecule has 2 amide bonds. The number of nitrogens with one attached hydrogen (secondary N) is 1. The summed E-state index contributed by atoms with van der Waals surface area (Å²) in [6.45, 7) is 5.06. The van der Waals surface area contributed by atoms with E-state index in [2.05, 4.69) is 5.32 Å². The predicted molar refractivity (Wildman–Crippen MR) is 162 cm³/mol. The Morgan fingerprint density at radius 1 is 0.925 bits per heavy atom. The van der Waals surface area contributed by atoms with Gasteiger partial charge in [-0.1, -0.05) is 83.2 Å². The van der Waals surface area contributed by atoms with Crippen molar-refractivity contribution in [3.05, 3.63) is 91.9 Å². The van der Waals surface area contributed by atoms with Gasteiger partial charge in [0.2, 0.25) is 11.8 Å². The predicted octanol–water partition coefficient (Wildman–Crippen LogP) is 6.75. The first kappa shape index (κ1) is 32.0. The molecule has 0 bridgehead atoms. The molecule has 0 aliphatic heterocycles. The summed E-state index contributed by atoms with van der Waals surface area (Å²) in [4.78, 5) is 28.1. The smallest absolute Gasteiger partial charge is 0.264 e. The molecule has 3 aromatic carbocycles. The molecule has 7 nitrogen and oxygen atoms in total. The molecule has 3 rings (SSSR count). The van der Waals surface area contributed by atoms with E-state index < -0.39 is 28.5 Å². The van der Waals surface area contributed by atoms with Crippen LogP contribution in [0, 0.1) is 6.92 Å². The van der Waals surface area contributed by atoms with Crippen LogP contribution in [0.3, 0.4) is 0 Å². The number of nitrogens with zero attached hydrogens (tertiary/aromatic N) is 2. The van der Waals surface area contributed by atoms with Crippen molar-refractivity contribution in [2.24, 2.45) is 0 Å². The number of anilines is 1. The van der Waals surface area contributed by atoms with Crippen molar-refractivity contribution in [3.63, 3.8) is 0 Å². The second kappa shape index (κ2) is 13.9. The summed E-state index contributed by atoms with van der Waals surface area (Å²) in [5.41, 5.74) is 1.49. The standard InChI is InChI=1S/C28H29Cl4N3O4S/c1-4-14-33-28(37)19(3)34(16-20-10-13-22(29)24(31)15-20)26(36)17-35(25-7-5-6-23(30)27(25)32)40(38,39)21-11-8-18(2)9-12-21/h5-13,15,19H,4,14,16-17H2,1-3H3,(H,33,37)/t19-/m1/s1. The molecule has 0 radical (unpaired) electrons. The van der Waals surface area contributed by atoms with Gasteiger partial charge in [0, 0.05) is 13.1 Å². The van der Waals surface area contributed by atoms with Gasteiger partial charge in [-0.15, -0.1) is 0 Å². The first-order chi connectivity index (χ1) is 18.9. The van der Waals surface area contributed by atoms with E-state index in [1.807, 2.05) is 13.8 Å². The molecule has 0 aromatic heterocycles. The van der Waals surface area contributed by atoms with Gasteiger partial charge in [0.15, 0.2) is 0 Å². The van der Waals surface area contributed by atoms with Crippen molar-refractivity contribution in [1.82, 2.24) is 10.2 Å². The van der Waals surface area contributed by atoms with E-state index in [4.69, 9.17) is 46.4 Å². The molecule has 0 unspecified atom stereocenters. The van der Waals surface area contributed by atoms with Gasteiger partial charge in [-0.25, -0.2) is 8.42 Å². The number of sulfonamides is 1. The lowest BCUT2D eigenvalue weighted by atomic mass is 10.1. The minimum Gasteiger partial charge on any atom is -0.354 e. The second-order valence-electron chi connectivity index (χ2n) is 9.13. The first-order valence-corrected chi connectivity index (χ1v) is 15.4. The zero-order valence-corrected chi connectivity index (χ0v) is 26.0. The summed E-state index contributed by atoms with van der Waals surface area (Å²) < 4.78 is 28.7. The molecule has 1 atom stereocenters. The van der Waals surface area contributed by atoms with Crippen LogP contribution in [0.2, 0.25) is 20.1 Å². The Kier molecular flexibility index (Phi) is 11.1. The SMILES string of the molecule is CCCNC(=O)[C@@H](C)N(Cc1ccc(Cl)c(Cl)c1)C(=O)CN(c1cccc(Cl)c1Cl)S(=O)(=O)c1ccc(C)cc1. The molecule has 0 fully saturated rings. The number of halogens is 4. The lowest BCUT2D eigenvalue weighted by Crippen LogP contribution is -2.51. The maximum Gasteiger partial charge on any atom is 0.264 e. The third-order valence-electron chi connectivity index (χ3n) is 6.14. The molecule has 0 aliphatic rings. The topological polar surface area (TPSA) is 86.8 Å². The number of rotatable bonds is 11. The number of aryl methyl sites for hydroxylation is 1. The average molecular weight is 645 g/mol. The maximum atomic E-state index is 13.9. The molecule has 0 spiro atoms.